The second kappa shape index (κ2) is 27.7. The van der Waals surface area contributed by atoms with Crippen molar-refractivity contribution in [2.45, 2.75) is 104 Å². The molecule has 6 nitrogen and oxygen atoms in total. The lowest BCUT2D eigenvalue weighted by Gasteiger charge is -2.04. The molecule has 0 fully saturated rings. The summed E-state index contributed by atoms with van der Waals surface area (Å²) in [5.74, 6) is 0. The quantitative estimate of drug-likeness (QED) is 0.143. The van der Waals surface area contributed by atoms with Crippen molar-refractivity contribution < 1.29 is 0 Å². The fraction of sp³-hybridized carbons (Fsp3) is 0.294. The summed E-state index contributed by atoms with van der Waals surface area (Å²) in [6, 6.07) is 32.6. The highest BCUT2D eigenvalue weighted by Gasteiger charge is 2.05. The summed E-state index contributed by atoms with van der Waals surface area (Å²) in [6.45, 7) is 30.1. The van der Waals surface area contributed by atoms with E-state index in [2.05, 4.69) is 79.3 Å². The molecule has 0 saturated carbocycles. The summed E-state index contributed by atoms with van der Waals surface area (Å²) >= 11 is 0. The lowest BCUT2D eigenvalue weighted by atomic mass is 10.1. The van der Waals surface area contributed by atoms with Crippen molar-refractivity contribution in [3.05, 3.63) is 145 Å². The lowest BCUT2D eigenvalue weighted by molar-refractivity contribution is 1.27. The molecule has 6 heteroatoms. The summed E-state index contributed by atoms with van der Waals surface area (Å²) in [5.41, 5.74) is 9.27. The first kappa shape index (κ1) is 49.1. The van der Waals surface area contributed by atoms with E-state index in [1.165, 1.54) is 27.1 Å². The topological polar surface area (TPSA) is 77.3 Å². The molecule has 0 N–H and O–H groups in total. The van der Waals surface area contributed by atoms with Crippen molar-refractivity contribution in [3.63, 3.8) is 0 Å². The zero-order valence-corrected chi connectivity index (χ0v) is 37.3. The SMILES string of the molecule is CC.CC.CC.CC.CC.CC.Cc1ccnc2c1ncc1ccccc12.Cc1cnc2c(c1)ncc1ccccc12.Cc1nc2cccnc2c2ccccc12. The average Bonchev–Trinajstić information content (AvgIpc) is 3.31. The predicted octanol–water partition coefficient (Wildman–Crippen LogP) is 15.4. The average molecular weight is 763 g/mol. The van der Waals surface area contributed by atoms with Crippen LogP contribution in [-0.2, 0) is 0 Å². The van der Waals surface area contributed by atoms with Gasteiger partial charge in [-0.2, -0.15) is 0 Å². The molecule has 3 aromatic carbocycles. The highest BCUT2D eigenvalue weighted by Crippen LogP contribution is 2.25. The van der Waals surface area contributed by atoms with E-state index in [-0.39, 0.29) is 0 Å². The van der Waals surface area contributed by atoms with E-state index in [4.69, 9.17) is 0 Å². The van der Waals surface area contributed by atoms with Crippen LogP contribution in [0.25, 0.3) is 65.4 Å². The number of pyridine rings is 6. The summed E-state index contributed by atoms with van der Waals surface area (Å²) < 4.78 is 0. The summed E-state index contributed by atoms with van der Waals surface area (Å²) in [5, 5.41) is 6.99. The van der Waals surface area contributed by atoms with Gasteiger partial charge in [-0.1, -0.05) is 156 Å². The van der Waals surface area contributed by atoms with Crippen molar-refractivity contribution in [2.75, 3.05) is 0 Å². The van der Waals surface area contributed by atoms with E-state index >= 15 is 0 Å². The fourth-order valence-corrected chi connectivity index (χ4v) is 5.63. The third-order valence-electron chi connectivity index (χ3n) is 7.88. The fourth-order valence-electron chi connectivity index (χ4n) is 5.63. The number of benzene rings is 3. The van der Waals surface area contributed by atoms with Gasteiger partial charge in [0.25, 0.3) is 0 Å². The van der Waals surface area contributed by atoms with Crippen LogP contribution in [0.5, 0.6) is 0 Å². The van der Waals surface area contributed by atoms with Gasteiger partial charge < -0.3 is 0 Å². The largest absolute Gasteiger partial charge is 0.254 e. The minimum absolute atomic E-state index is 0.966. The van der Waals surface area contributed by atoms with Gasteiger partial charge >= 0.3 is 0 Å². The molecule has 0 aliphatic heterocycles. The number of aromatic nitrogens is 6. The van der Waals surface area contributed by atoms with Crippen molar-refractivity contribution in [3.8, 4) is 0 Å². The molecule has 0 atom stereocenters. The van der Waals surface area contributed by atoms with E-state index in [0.717, 1.165) is 55.1 Å². The minimum atomic E-state index is 0.966. The number of hydrogen-bond acceptors (Lipinski definition) is 6. The van der Waals surface area contributed by atoms with Crippen molar-refractivity contribution in [1.29, 1.82) is 0 Å². The molecule has 6 heterocycles. The van der Waals surface area contributed by atoms with E-state index in [1.807, 2.05) is 183 Å². The van der Waals surface area contributed by atoms with Crippen LogP contribution in [-0.4, -0.2) is 29.9 Å². The third-order valence-corrected chi connectivity index (χ3v) is 7.88. The first-order valence-corrected chi connectivity index (χ1v) is 20.9. The number of hydrogen-bond donors (Lipinski definition) is 0. The monoisotopic (exact) mass is 763 g/mol. The van der Waals surface area contributed by atoms with E-state index in [0.29, 0.717) is 0 Å². The van der Waals surface area contributed by atoms with Gasteiger partial charge in [-0.05, 0) is 56.2 Å². The molecule has 57 heavy (non-hydrogen) atoms. The van der Waals surface area contributed by atoms with Crippen LogP contribution in [0.3, 0.4) is 0 Å². The summed E-state index contributed by atoms with van der Waals surface area (Å²) in [6.07, 6.45) is 9.35. The van der Waals surface area contributed by atoms with Gasteiger partial charge in [0.15, 0.2) is 0 Å². The highest BCUT2D eigenvalue weighted by atomic mass is 14.8. The number of aryl methyl sites for hydroxylation is 3. The first-order chi connectivity index (χ1) is 28.1. The Kier molecular flexibility index (Phi) is 23.8. The number of nitrogens with zero attached hydrogens (tertiary/aromatic N) is 6. The Bertz CT molecular complexity index is 2460. The molecule has 6 aromatic heterocycles. The number of fused-ring (bicyclic) bond motifs is 9. The van der Waals surface area contributed by atoms with Gasteiger partial charge in [0.05, 0.1) is 33.1 Å². The number of rotatable bonds is 0. The van der Waals surface area contributed by atoms with Crippen molar-refractivity contribution in [1.82, 2.24) is 29.9 Å². The molecule has 9 aromatic rings. The maximum atomic E-state index is 4.54. The van der Waals surface area contributed by atoms with E-state index < -0.39 is 0 Å². The Morgan fingerprint density at radius 2 is 0.825 bits per heavy atom. The minimum Gasteiger partial charge on any atom is -0.254 e. The van der Waals surface area contributed by atoms with E-state index in [1.54, 1.807) is 0 Å². The van der Waals surface area contributed by atoms with Gasteiger partial charge in [0, 0.05) is 69.0 Å². The van der Waals surface area contributed by atoms with Gasteiger partial charge in [0.1, 0.15) is 0 Å². The van der Waals surface area contributed by atoms with Crippen molar-refractivity contribution >= 4 is 65.4 Å². The second-order valence-electron chi connectivity index (χ2n) is 11.0. The summed E-state index contributed by atoms with van der Waals surface area (Å²) in [7, 11) is 0. The molecule has 0 amide bonds. The van der Waals surface area contributed by atoms with Crippen LogP contribution in [0.2, 0.25) is 0 Å². The molecular weight excluding hydrogens is 697 g/mol. The highest BCUT2D eigenvalue weighted by molar-refractivity contribution is 6.05. The Morgan fingerprint density at radius 3 is 1.44 bits per heavy atom. The molecular formula is C51H66N6. The Hall–Kier alpha value is -5.88. The smallest absolute Gasteiger partial charge is 0.0967 e. The van der Waals surface area contributed by atoms with Crippen LogP contribution >= 0.6 is 0 Å². The zero-order chi connectivity index (χ0) is 42.8. The molecule has 0 radical (unpaired) electrons. The normalized spacial score (nSPS) is 9.32. The van der Waals surface area contributed by atoms with Crippen LogP contribution in [0, 0.1) is 20.8 Å². The maximum absolute atomic E-state index is 4.54. The predicted molar refractivity (Wildman–Crippen MR) is 253 cm³/mol. The standard InChI is InChI=1S/3C13H10N2.6C2H6/c1-9-10-5-2-3-6-11(10)13-12(15-9)7-4-8-14-13;1-9-6-12-13(15-7-9)11-5-3-2-4-10(11)8-14-12;1-9-6-7-14-13-11-5-3-2-4-10(11)8-15-12(9)13;6*1-2/h3*2-8H,1H3;6*1-2H3. The lowest BCUT2D eigenvalue weighted by Crippen LogP contribution is -1.89. The Balaban J connectivity index is 0.000000377. The Labute approximate surface area is 342 Å². The van der Waals surface area contributed by atoms with E-state index in [9.17, 15) is 0 Å². The van der Waals surface area contributed by atoms with Gasteiger partial charge in [-0.3, -0.25) is 29.9 Å². The van der Waals surface area contributed by atoms with Crippen molar-refractivity contribution in [2.24, 2.45) is 0 Å². The maximum Gasteiger partial charge on any atom is 0.0967 e. The Morgan fingerprint density at radius 1 is 0.351 bits per heavy atom. The molecule has 0 aliphatic rings. The molecule has 300 valence electrons. The van der Waals surface area contributed by atoms with Gasteiger partial charge in [0.2, 0.25) is 0 Å². The molecule has 0 aliphatic carbocycles. The molecule has 9 rings (SSSR count). The molecule has 0 saturated heterocycles. The zero-order valence-electron chi connectivity index (χ0n) is 37.3. The second-order valence-corrected chi connectivity index (χ2v) is 11.0. The van der Waals surface area contributed by atoms with Crippen LogP contribution in [0.4, 0.5) is 0 Å². The van der Waals surface area contributed by atoms with Gasteiger partial charge in [-0.25, -0.2) is 0 Å². The van der Waals surface area contributed by atoms with Crippen LogP contribution in [0.15, 0.2) is 128 Å². The molecule has 0 spiro atoms. The van der Waals surface area contributed by atoms with Gasteiger partial charge in [-0.15, -0.1) is 0 Å². The molecule has 0 unspecified atom stereocenters. The third kappa shape index (κ3) is 12.8. The van der Waals surface area contributed by atoms with Crippen LogP contribution < -0.4 is 0 Å². The summed E-state index contributed by atoms with van der Waals surface area (Å²) in [4.78, 5) is 26.6. The first-order valence-electron chi connectivity index (χ1n) is 20.9. The molecule has 0 bridgehead atoms. The van der Waals surface area contributed by atoms with Crippen LogP contribution in [0.1, 0.15) is 99.9 Å².